The van der Waals surface area contributed by atoms with E-state index in [9.17, 15) is 23.8 Å². The molecule has 0 amide bonds. The van der Waals surface area contributed by atoms with Gasteiger partial charge in [0.05, 0.1) is 13.2 Å². The standard InChI is InChI=1S/C42H78NO10P/c1-3-5-7-9-11-13-15-17-19-21-23-25-27-29-31-33-40(44)50-35-38(36-51-54(48,49)52-37-39(43)42(46)47)53-41(45)34-32-30-28-26-24-22-20-18-16-14-12-10-8-6-4-2/h12,14,18,20,38-39H,3-11,13,15-17,19,21-37,43H2,1-2H3,(H,46,47)(H,48,49)/t38-,39+/m1/s1. The fourth-order valence-electron chi connectivity index (χ4n) is 5.80. The molecule has 0 aliphatic heterocycles. The highest BCUT2D eigenvalue weighted by molar-refractivity contribution is 7.47. The SMILES string of the molecule is CCCCCC=CCC=CCCCCCCCC(=O)O[C@H](COC(=O)CCCCCCCCCCCCCCCCC)COP(=O)(O)OC[C@H](N)C(=O)O. The smallest absolute Gasteiger partial charge is 0.472 e. The van der Waals surface area contributed by atoms with Gasteiger partial charge in [0.1, 0.15) is 12.6 Å². The second-order valence-corrected chi connectivity index (χ2v) is 15.9. The number of aliphatic carboxylic acids is 1. The first-order valence-corrected chi connectivity index (χ1v) is 22.9. The van der Waals surface area contributed by atoms with Gasteiger partial charge in [-0.25, -0.2) is 4.57 Å². The third-order valence-electron chi connectivity index (χ3n) is 9.20. The summed E-state index contributed by atoms with van der Waals surface area (Å²) < 4.78 is 32.7. The van der Waals surface area contributed by atoms with Crippen LogP contribution in [0.25, 0.3) is 0 Å². The molecule has 0 aromatic heterocycles. The maximum absolute atomic E-state index is 12.6. The van der Waals surface area contributed by atoms with Gasteiger partial charge in [0, 0.05) is 12.8 Å². The lowest BCUT2D eigenvalue weighted by atomic mass is 10.0. The third kappa shape index (κ3) is 36.9. The third-order valence-corrected chi connectivity index (χ3v) is 10.2. The minimum atomic E-state index is -4.71. The lowest BCUT2D eigenvalue weighted by molar-refractivity contribution is -0.161. The van der Waals surface area contributed by atoms with Crippen LogP contribution >= 0.6 is 7.82 Å². The van der Waals surface area contributed by atoms with Crippen molar-refractivity contribution < 1.29 is 47.5 Å². The van der Waals surface area contributed by atoms with Gasteiger partial charge < -0.3 is 25.2 Å². The fourth-order valence-corrected chi connectivity index (χ4v) is 6.58. The van der Waals surface area contributed by atoms with Crippen LogP contribution in [0.15, 0.2) is 24.3 Å². The number of unbranched alkanes of at least 4 members (excludes halogenated alkanes) is 22. The maximum atomic E-state index is 12.6. The molecule has 0 bridgehead atoms. The molecular weight excluding hydrogens is 709 g/mol. The lowest BCUT2D eigenvalue weighted by Crippen LogP contribution is -2.34. The second kappa shape index (κ2) is 37.9. The fraction of sp³-hybridized carbons (Fsp3) is 0.833. The first-order chi connectivity index (χ1) is 26.1. The Labute approximate surface area is 328 Å². The Morgan fingerprint density at radius 1 is 0.574 bits per heavy atom. The van der Waals surface area contributed by atoms with Gasteiger partial charge >= 0.3 is 25.7 Å². The number of carboxylic acid groups (broad SMARTS) is 1. The quantitative estimate of drug-likeness (QED) is 0.0233. The number of phosphoric ester groups is 1. The predicted octanol–water partition coefficient (Wildman–Crippen LogP) is 11.1. The zero-order valence-corrected chi connectivity index (χ0v) is 35.0. The molecule has 0 heterocycles. The van der Waals surface area contributed by atoms with Crippen LogP contribution in [0, 0.1) is 0 Å². The summed E-state index contributed by atoms with van der Waals surface area (Å²) >= 11 is 0. The minimum absolute atomic E-state index is 0.148. The van der Waals surface area contributed by atoms with Gasteiger partial charge in [-0.05, 0) is 44.9 Å². The summed E-state index contributed by atoms with van der Waals surface area (Å²) in [5.74, 6) is -2.39. The molecule has 0 spiro atoms. The van der Waals surface area contributed by atoms with Gasteiger partial charge in [0.15, 0.2) is 6.10 Å². The van der Waals surface area contributed by atoms with Crippen molar-refractivity contribution in [2.24, 2.45) is 5.73 Å². The Kier molecular flexibility index (Phi) is 36.4. The summed E-state index contributed by atoms with van der Waals surface area (Å²) in [6.45, 7) is 2.77. The maximum Gasteiger partial charge on any atom is 0.472 e. The van der Waals surface area contributed by atoms with Crippen molar-refractivity contribution in [1.29, 1.82) is 0 Å². The van der Waals surface area contributed by atoms with Gasteiger partial charge in [-0.15, -0.1) is 0 Å². The van der Waals surface area contributed by atoms with Crippen molar-refractivity contribution in [2.45, 2.75) is 206 Å². The van der Waals surface area contributed by atoms with Crippen molar-refractivity contribution in [3.05, 3.63) is 24.3 Å². The van der Waals surface area contributed by atoms with Gasteiger partial charge in [-0.1, -0.05) is 160 Å². The van der Waals surface area contributed by atoms with E-state index in [2.05, 4.69) is 42.7 Å². The van der Waals surface area contributed by atoms with E-state index in [0.29, 0.717) is 12.8 Å². The van der Waals surface area contributed by atoms with Crippen LogP contribution in [-0.4, -0.2) is 59.9 Å². The Morgan fingerprint density at radius 3 is 1.48 bits per heavy atom. The van der Waals surface area contributed by atoms with E-state index in [-0.39, 0.29) is 19.4 Å². The summed E-state index contributed by atoms with van der Waals surface area (Å²) in [6.07, 6.45) is 38.1. The molecule has 0 aliphatic carbocycles. The number of esters is 2. The molecule has 12 heteroatoms. The van der Waals surface area contributed by atoms with E-state index in [1.165, 1.54) is 89.9 Å². The Hall–Kier alpha value is -2.04. The minimum Gasteiger partial charge on any atom is -0.480 e. The highest BCUT2D eigenvalue weighted by Gasteiger charge is 2.28. The van der Waals surface area contributed by atoms with Crippen LogP contribution in [0.4, 0.5) is 0 Å². The number of carbonyl (C=O) groups excluding carboxylic acids is 2. The first-order valence-electron chi connectivity index (χ1n) is 21.4. The Morgan fingerprint density at radius 2 is 0.981 bits per heavy atom. The number of ether oxygens (including phenoxy) is 2. The number of carboxylic acids is 1. The topological polar surface area (TPSA) is 172 Å². The number of rotatable bonds is 40. The normalized spacial score (nSPS) is 14.0. The van der Waals surface area contributed by atoms with Gasteiger partial charge in [0.25, 0.3) is 0 Å². The molecule has 0 aromatic rings. The molecule has 316 valence electrons. The van der Waals surface area contributed by atoms with Crippen LogP contribution < -0.4 is 5.73 Å². The van der Waals surface area contributed by atoms with Crippen molar-refractivity contribution in [3.8, 4) is 0 Å². The van der Waals surface area contributed by atoms with Crippen LogP contribution in [0.3, 0.4) is 0 Å². The van der Waals surface area contributed by atoms with E-state index < -0.39 is 51.1 Å². The average Bonchev–Trinajstić information content (AvgIpc) is 3.14. The zero-order valence-electron chi connectivity index (χ0n) is 34.1. The number of nitrogens with two attached hydrogens (primary N) is 1. The highest BCUT2D eigenvalue weighted by atomic mass is 31.2. The molecule has 54 heavy (non-hydrogen) atoms. The van der Waals surface area contributed by atoms with Crippen molar-refractivity contribution in [1.82, 2.24) is 0 Å². The van der Waals surface area contributed by atoms with E-state index in [1.54, 1.807) is 0 Å². The predicted molar refractivity (Wildman–Crippen MR) is 217 cm³/mol. The number of allylic oxidation sites excluding steroid dienone is 4. The number of carbonyl (C=O) groups is 3. The van der Waals surface area contributed by atoms with E-state index in [4.69, 9.17) is 24.8 Å². The van der Waals surface area contributed by atoms with Crippen molar-refractivity contribution in [3.63, 3.8) is 0 Å². The average molecular weight is 788 g/mol. The largest absolute Gasteiger partial charge is 0.480 e. The Balaban J connectivity index is 4.38. The van der Waals surface area contributed by atoms with Crippen LogP contribution in [0.2, 0.25) is 0 Å². The summed E-state index contributed by atoms with van der Waals surface area (Å²) in [6, 6.07) is -1.52. The number of hydrogen-bond donors (Lipinski definition) is 3. The molecule has 11 nitrogen and oxygen atoms in total. The molecule has 1 unspecified atom stereocenters. The molecular formula is C42H78NO10P. The van der Waals surface area contributed by atoms with E-state index in [1.807, 2.05) is 0 Å². The number of phosphoric acid groups is 1. The summed E-state index contributed by atoms with van der Waals surface area (Å²) in [4.78, 5) is 45.9. The molecule has 0 rings (SSSR count). The Bertz CT molecular complexity index is 1020. The van der Waals surface area contributed by atoms with Gasteiger partial charge in [-0.2, -0.15) is 0 Å². The summed E-state index contributed by atoms with van der Waals surface area (Å²) in [5, 5.41) is 8.88. The van der Waals surface area contributed by atoms with E-state index in [0.717, 1.165) is 64.2 Å². The highest BCUT2D eigenvalue weighted by Crippen LogP contribution is 2.43. The van der Waals surface area contributed by atoms with Crippen LogP contribution in [-0.2, 0) is 37.5 Å². The summed E-state index contributed by atoms with van der Waals surface area (Å²) in [7, 11) is -4.71. The zero-order chi connectivity index (χ0) is 40.0. The second-order valence-electron chi connectivity index (χ2n) is 14.5. The lowest BCUT2D eigenvalue weighted by Gasteiger charge is -2.20. The molecule has 0 aliphatic rings. The number of hydrogen-bond acceptors (Lipinski definition) is 9. The molecule has 0 fully saturated rings. The van der Waals surface area contributed by atoms with Crippen molar-refractivity contribution >= 4 is 25.7 Å². The molecule has 0 saturated heterocycles. The van der Waals surface area contributed by atoms with Gasteiger partial charge in [0.2, 0.25) is 0 Å². The molecule has 0 aromatic carbocycles. The molecule has 0 saturated carbocycles. The first kappa shape index (κ1) is 52.0. The van der Waals surface area contributed by atoms with Gasteiger partial charge in [-0.3, -0.25) is 23.4 Å². The molecule has 3 atom stereocenters. The van der Waals surface area contributed by atoms with Crippen molar-refractivity contribution in [2.75, 3.05) is 19.8 Å². The molecule has 4 N–H and O–H groups in total. The van der Waals surface area contributed by atoms with E-state index >= 15 is 0 Å². The monoisotopic (exact) mass is 788 g/mol. The summed E-state index contributed by atoms with van der Waals surface area (Å²) in [5.41, 5.74) is 5.33. The van der Waals surface area contributed by atoms with Crippen LogP contribution in [0.5, 0.6) is 0 Å². The van der Waals surface area contributed by atoms with Crippen LogP contribution in [0.1, 0.15) is 194 Å². The molecule has 0 radical (unpaired) electrons.